The number of aromatic nitrogens is 3. The van der Waals surface area contributed by atoms with Gasteiger partial charge in [-0.3, -0.25) is 4.79 Å². The van der Waals surface area contributed by atoms with Gasteiger partial charge in [0.25, 0.3) is 5.91 Å². The molecule has 45 heavy (non-hydrogen) atoms. The van der Waals surface area contributed by atoms with Crippen LogP contribution < -0.4 is 10.2 Å². The second-order valence-corrected chi connectivity index (χ2v) is 13.5. The van der Waals surface area contributed by atoms with Crippen LogP contribution in [0.1, 0.15) is 86.2 Å². The summed E-state index contributed by atoms with van der Waals surface area (Å²) < 4.78 is 22.8. The second-order valence-electron chi connectivity index (χ2n) is 13.5. The summed E-state index contributed by atoms with van der Waals surface area (Å²) in [6, 6.07) is 17.0. The summed E-state index contributed by atoms with van der Waals surface area (Å²) >= 11 is 0. The third-order valence-corrected chi connectivity index (χ3v) is 9.03. The predicted molar refractivity (Wildman–Crippen MR) is 170 cm³/mol. The Bertz CT molecular complexity index is 1790. The summed E-state index contributed by atoms with van der Waals surface area (Å²) in [5, 5.41) is 7.70. The highest BCUT2D eigenvalue weighted by Gasteiger charge is 2.33. The van der Waals surface area contributed by atoms with Gasteiger partial charge in [0, 0.05) is 48.6 Å². The van der Waals surface area contributed by atoms with E-state index in [4.69, 9.17) is 14.8 Å². The number of alkyl carbamates (subject to hydrolysis) is 1. The molecule has 1 saturated carbocycles. The fourth-order valence-corrected chi connectivity index (χ4v) is 6.60. The number of amides is 2. The van der Waals surface area contributed by atoms with E-state index in [0.717, 1.165) is 37.1 Å². The molecule has 2 atom stereocenters. The highest BCUT2D eigenvalue weighted by Crippen LogP contribution is 2.41. The molecule has 1 aliphatic carbocycles. The van der Waals surface area contributed by atoms with Crippen LogP contribution in [0, 0.1) is 5.82 Å². The molecule has 3 aliphatic rings. The summed E-state index contributed by atoms with van der Waals surface area (Å²) in [6.07, 6.45) is 3.17. The molecule has 0 unspecified atom stereocenters. The van der Waals surface area contributed by atoms with Crippen LogP contribution in [0.15, 0.2) is 54.6 Å². The molecular formula is C35H39FN6O3. The Morgan fingerprint density at radius 2 is 1.82 bits per heavy atom. The van der Waals surface area contributed by atoms with Gasteiger partial charge in [-0.25, -0.2) is 18.7 Å². The van der Waals surface area contributed by atoms with E-state index in [1.54, 1.807) is 16.6 Å². The molecule has 2 aliphatic heterocycles. The Morgan fingerprint density at radius 1 is 1.02 bits per heavy atom. The first-order valence-electron chi connectivity index (χ1n) is 15.9. The molecule has 0 spiro atoms. The van der Waals surface area contributed by atoms with Crippen LogP contribution in [0.5, 0.6) is 0 Å². The fourth-order valence-electron chi connectivity index (χ4n) is 6.60. The Hall–Kier alpha value is -4.47. The third kappa shape index (κ3) is 5.85. The zero-order chi connectivity index (χ0) is 31.5. The predicted octanol–water partition coefficient (Wildman–Crippen LogP) is 6.28. The lowest BCUT2D eigenvalue weighted by Gasteiger charge is -2.35. The molecule has 0 radical (unpaired) electrons. The minimum absolute atomic E-state index is 0.0445. The maximum Gasteiger partial charge on any atom is 0.407 e. The first-order valence-corrected chi connectivity index (χ1v) is 15.9. The Balaban J connectivity index is 1.12. The van der Waals surface area contributed by atoms with E-state index in [1.165, 1.54) is 17.2 Å². The number of hydrogen-bond acceptors (Lipinski definition) is 6. The maximum atomic E-state index is 15.7. The number of hydrogen-bond donors (Lipinski definition) is 1. The number of fused-ring (bicyclic) bond motifs is 2. The van der Waals surface area contributed by atoms with Crippen LogP contribution in [-0.4, -0.2) is 62.8 Å². The van der Waals surface area contributed by atoms with Crippen molar-refractivity contribution < 1.29 is 18.7 Å². The number of rotatable bonds is 5. The minimum Gasteiger partial charge on any atom is -0.444 e. The van der Waals surface area contributed by atoms with Crippen LogP contribution in [0.2, 0.25) is 0 Å². The van der Waals surface area contributed by atoms with Crippen molar-refractivity contribution in [1.29, 1.82) is 0 Å². The molecule has 7 rings (SSSR count). The number of carbonyl (C=O) groups excluding carboxylic acids is 2. The van der Waals surface area contributed by atoms with Gasteiger partial charge in [0.15, 0.2) is 5.65 Å². The highest BCUT2D eigenvalue weighted by atomic mass is 19.1. The van der Waals surface area contributed by atoms with Crippen molar-refractivity contribution in [2.75, 3.05) is 24.5 Å². The molecule has 2 aromatic heterocycles. The van der Waals surface area contributed by atoms with E-state index in [1.807, 2.05) is 49.9 Å². The normalized spacial score (nSPS) is 19.9. The first kappa shape index (κ1) is 29.3. The van der Waals surface area contributed by atoms with Crippen molar-refractivity contribution in [3.63, 3.8) is 0 Å². The van der Waals surface area contributed by atoms with Crippen molar-refractivity contribution >= 4 is 23.3 Å². The summed E-state index contributed by atoms with van der Waals surface area (Å²) in [5.74, 6) is -0.173. The lowest BCUT2D eigenvalue weighted by atomic mass is 9.93. The Morgan fingerprint density at radius 3 is 2.58 bits per heavy atom. The van der Waals surface area contributed by atoms with Gasteiger partial charge >= 0.3 is 6.09 Å². The fraction of sp³-hybridized carbons (Fsp3) is 0.429. The summed E-state index contributed by atoms with van der Waals surface area (Å²) in [7, 11) is 0. The number of carbonyl (C=O) groups is 2. The molecule has 10 heteroatoms. The van der Waals surface area contributed by atoms with E-state index < -0.39 is 11.7 Å². The van der Waals surface area contributed by atoms with Crippen molar-refractivity contribution in [3.05, 3.63) is 82.9 Å². The molecule has 234 valence electrons. The SMILES string of the molecule is C[C@@H]1c2ccccc2CCN1C(=O)c1cc(C2CC2)n2nc(-c3ccc(N4CC[C@H](NC(=O)OC(C)(C)C)C4)cc3F)cc2n1. The van der Waals surface area contributed by atoms with Gasteiger partial charge in [0.1, 0.15) is 17.1 Å². The Kier molecular flexibility index (Phi) is 7.25. The van der Waals surface area contributed by atoms with E-state index in [9.17, 15) is 9.59 Å². The molecule has 4 aromatic rings. The van der Waals surface area contributed by atoms with Gasteiger partial charge in [0.2, 0.25) is 0 Å². The maximum absolute atomic E-state index is 15.7. The minimum atomic E-state index is -0.565. The van der Waals surface area contributed by atoms with E-state index in [0.29, 0.717) is 48.2 Å². The quantitative estimate of drug-likeness (QED) is 0.286. The van der Waals surface area contributed by atoms with Gasteiger partial charge in [-0.15, -0.1) is 0 Å². The van der Waals surface area contributed by atoms with Crippen LogP contribution >= 0.6 is 0 Å². The van der Waals surface area contributed by atoms with E-state index >= 15 is 4.39 Å². The largest absolute Gasteiger partial charge is 0.444 e. The zero-order valence-electron chi connectivity index (χ0n) is 26.2. The molecule has 9 nitrogen and oxygen atoms in total. The molecule has 4 heterocycles. The lowest BCUT2D eigenvalue weighted by Crippen LogP contribution is -2.40. The molecule has 2 aromatic carbocycles. The van der Waals surface area contributed by atoms with Gasteiger partial charge < -0.3 is 19.9 Å². The first-order chi connectivity index (χ1) is 21.5. The number of halogens is 1. The molecule has 1 saturated heterocycles. The smallest absolute Gasteiger partial charge is 0.407 e. The van der Waals surface area contributed by atoms with Gasteiger partial charge in [-0.05, 0) is 88.8 Å². The number of ether oxygens (including phenoxy) is 1. The summed E-state index contributed by atoms with van der Waals surface area (Å²) in [4.78, 5) is 34.8. The third-order valence-electron chi connectivity index (χ3n) is 9.03. The summed E-state index contributed by atoms with van der Waals surface area (Å²) in [5.41, 5.74) is 5.38. The standard InChI is InChI=1S/C35H39FN6O3/c1-21-26-8-6-5-7-22(26)13-16-41(21)33(43)30-18-31(23-9-10-23)42-32(38-30)19-29(39-42)27-12-11-25(17-28(27)36)40-15-14-24(20-40)37-34(44)45-35(2,3)4/h5-8,11-12,17-19,21,23-24H,9-10,13-16,20H2,1-4H3,(H,37,44)/t21-,24+/m1/s1. The number of nitrogens with one attached hydrogen (secondary N) is 1. The second kappa shape index (κ2) is 11.2. The van der Waals surface area contributed by atoms with Gasteiger partial charge in [-0.2, -0.15) is 5.10 Å². The van der Waals surface area contributed by atoms with Crippen molar-refractivity contribution in [3.8, 4) is 11.3 Å². The average molecular weight is 611 g/mol. The zero-order valence-corrected chi connectivity index (χ0v) is 26.2. The molecule has 2 fully saturated rings. The number of anilines is 1. The van der Waals surface area contributed by atoms with Gasteiger partial charge in [0.05, 0.1) is 17.8 Å². The van der Waals surface area contributed by atoms with E-state index in [-0.39, 0.29) is 23.8 Å². The van der Waals surface area contributed by atoms with Gasteiger partial charge in [-0.1, -0.05) is 24.3 Å². The summed E-state index contributed by atoms with van der Waals surface area (Å²) in [6.45, 7) is 9.46. The van der Waals surface area contributed by atoms with Crippen LogP contribution in [0.3, 0.4) is 0 Å². The van der Waals surface area contributed by atoms with E-state index in [2.05, 4.69) is 29.3 Å². The molecular weight excluding hydrogens is 571 g/mol. The van der Waals surface area contributed by atoms with Crippen molar-refractivity contribution in [2.24, 2.45) is 0 Å². The monoisotopic (exact) mass is 610 g/mol. The molecule has 0 bridgehead atoms. The lowest BCUT2D eigenvalue weighted by molar-refractivity contribution is 0.0508. The van der Waals surface area contributed by atoms with Crippen molar-refractivity contribution in [2.45, 2.75) is 77.0 Å². The Labute approximate surface area is 262 Å². The molecule has 2 amide bonds. The highest BCUT2D eigenvalue weighted by molar-refractivity contribution is 5.93. The average Bonchev–Trinajstić information content (AvgIpc) is 3.59. The number of benzene rings is 2. The van der Waals surface area contributed by atoms with Crippen molar-refractivity contribution in [1.82, 2.24) is 24.8 Å². The van der Waals surface area contributed by atoms with Crippen LogP contribution in [0.4, 0.5) is 14.9 Å². The number of nitrogens with zero attached hydrogens (tertiary/aromatic N) is 5. The van der Waals surface area contributed by atoms with Crippen LogP contribution in [-0.2, 0) is 11.2 Å². The van der Waals surface area contributed by atoms with Crippen LogP contribution in [0.25, 0.3) is 16.9 Å². The topological polar surface area (TPSA) is 92.1 Å². The molecule has 1 N–H and O–H groups in total.